The highest BCUT2D eigenvalue weighted by atomic mass is 16.6. The Morgan fingerprint density at radius 2 is 1.68 bits per heavy atom. The lowest BCUT2D eigenvalue weighted by Gasteiger charge is -2.45. The first kappa shape index (κ1) is 27.5. The van der Waals surface area contributed by atoms with Crippen molar-refractivity contribution in [3.05, 3.63) is 69.9 Å². The van der Waals surface area contributed by atoms with Crippen molar-refractivity contribution >= 4 is 5.78 Å². The fourth-order valence-electron chi connectivity index (χ4n) is 7.12. The molecule has 6 nitrogen and oxygen atoms in total. The molecule has 8 atom stereocenters. The summed E-state index contributed by atoms with van der Waals surface area (Å²) in [6, 6.07) is 0. The lowest BCUT2D eigenvalue weighted by atomic mass is 9.56. The summed E-state index contributed by atoms with van der Waals surface area (Å²) in [4.78, 5) is 14.5. The number of ketones is 1. The van der Waals surface area contributed by atoms with E-state index in [0.29, 0.717) is 24.8 Å². The molecule has 2 aliphatic heterocycles. The van der Waals surface area contributed by atoms with Crippen LogP contribution in [0.25, 0.3) is 0 Å². The minimum absolute atomic E-state index is 0.0125. The molecule has 5 aliphatic rings. The van der Waals surface area contributed by atoms with E-state index in [1.165, 1.54) is 0 Å². The third kappa shape index (κ3) is 4.16. The molecule has 38 heavy (non-hydrogen) atoms. The van der Waals surface area contributed by atoms with Crippen LogP contribution in [-0.2, 0) is 14.3 Å². The Bertz CT molecular complexity index is 1220. The van der Waals surface area contributed by atoms with Crippen LogP contribution < -0.4 is 0 Å². The SMILES string of the molecule is C=C(C)C=C1C(=C2CC(O)C3OC3(CC=C(C)C)C2O)C=C(C)CC12CC(O)C1OC1(CC=C(C)C)C2=O. The van der Waals surface area contributed by atoms with Crippen LogP contribution in [0.5, 0.6) is 0 Å². The summed E-state index contributed by atoms with van der Waals surface area (Å²) in [5.41, 5.74) is 3.23. The maximum absolute atomic E-state index is 14.5. The molecule has 4 fully saturated rings. The predicted molar refractivity (Wildman–Crippen MR) is 146 cm³/mol. The monoisotopic (exact) mass is 522 g/mol. The van der Waals surface area contributed by atoms with Crippen molar-refractivity contribution in [3.8, 4) is 0 Å². The van der Waals surface area contributed by atoms with Crippen LogP contribution in [0.15, 0.2) is 69.9 Å². The number of hydrogen-bond acceptors (Lipinski definition) is 6. The normalized spacial score (nSPS) is 44.2. The number of allylic oxidation sites excluding steroid dienone is 8. The van der Waals surface area contributed by atoms with E-state index in [9.17, 15) is 20.1 Å². The molecule has 2 heterocycles. The Morgan fingerprint density at radius 3 is 2.32 bits per heavy atom. The second kappa shape index (κ2) is 9.24. The third-order valence-corrected chi connectivity index (χ3v) is 8.96. The maximum atomic E-state index is 14.5. The van der Waals surface area contributed by atoms with Gasteiger partial charge in [-0.2, -0.15) is 0 Å². The molecule has 0 amide bonds. The van der Waals surface area contributed by atoms with Crippen LogP contribution in [0, 0.1) is 5.41 Å². The predicted octanol–water partition coefficient (Wildman–Crippen LogP) is 4.57. The zero-order chi connectivity index (χ0) is 27.8. The molecule has 3 N–H and O–H groups in total. The van der Waals surface area contributed by atoms with Gasteiger partial charge in [0.1, 0.15) is 23.9 Å². The summed E-state index contributed by atoms with van der Waals surface area (Å²) in [6.45, 7) is 16.0. The van der Waals surface area contributed by atoms with Gasteiger partial charge in [0, 0.05) is 19.3 Å². The van der Waals surface area contributed by atoms with E-state index in [0.717, 1.165) is 33.4 Å². The van der Waals surface area contributed by atoms with Crippen LogP contribution >= 0.6 is 0 Å². The van der Waals surface area contributed by atoms with E-state index in [2.05, 4.69) is 6.58 Å². The Hall–Kier alpha value is -2.09. The number of Topliss-reactive ketones (excluding diaryl/α,β-unsaturated/α-hetero) is 1. The number of aliphatic hydroxyl groups excluding tert-OH is 3. The molecule has 0 radical (unpaired) electrons. The van der Waals surface area contributed by atoms with Gasteiger partial charge in [-0.15, -0.1) is 0 Å². The lowest BCUT2D eigenvalue weighted by molar-refractivity contribution is -0.135. The van der Waals surface area contributed by atoms with Crippen molar-refractivity contribution < 1.29 is 29.6 Å². The van der Waals surface area contributed by atoms with Crippen molar-refractivity contribution in [1.29, 1.82) is 0 Å². The Labute approximate surface area is 226 Å². The van der Waals surface area contributed by atoms with Gasteiger partial charge in [0.15, 0.2) is 11.4 Å². The summed E-state index contributed by atoms with van der Waals surface area (Å²) >= 11 is 0. The van der Waals surface area contributed by atoms with Crippen molar-refractivity contribution in [2.24, 2.45) is 5.41 Å². The third-order valence-electron chi connectivity index (χ3n) is 8.96. The molecular weight excluding hydrogens is 480 g/mol. The van der Waals surface area contributed by atoms with Gasteiger partial charge in [0.05, 0.1) is 17.6 Å². The number of hydrogen-bond donors (Lipinski definition) is 3. The first-order valence-corrected chi connectivity index (χ1v) is 13.8. The molecule has 0 aromatic rings. The summed E-state index contributed by atoms with van der Waals surface area (Å²) in [5, 5.41) is 34.0. The number of aliphatic hydroxyl groups is 3. The van der Waals surface area contributed by atoms with Crippen molar-refractivity contribution in [2.45, 2.75) is 115 Å². The quantitative estimate of drug-likeness (QED) is 0.361. The van der Waals surface area contributed by atoms with Crippen molar-refractivity contribution in [2.75, 3.05) is 0 Å². The first-order valence-electron chi connectivity index (χ1n) is 13.8. The van der Waals surface area contributed by atoms with Gasteiger partial charge in [-0.05, 0) is 71.1 Å². The molecule has 6 heteroatoms. The van der Waals surface area contributed by atoms with Gasteiger partial charge in [-0.1, -0.05) is 53.2 Å². The summed E-state index contributed by atoms with van der Waals surface area (Å²) in [6.07, 6.45) is 6.51. The Balaban J connectivity index is 1.66. The summed E-state index contributed by atoms with van der Waals surface area (Å²) in [5.74, 6) is -0.0125. The molecule has 206 valence electrons. The van der Waals surface area contributed by atoms with E-state index in [1.54, 1.807) is 0 Å². The maximum Gasteiger partial charge on any atom is 0.178 e. The Kier molecular flexibility index (Phi) is 6.68. The number of ether oxygens (including phenoxy) is 2. The number of carbonyl (C=O) groups is 1. The van der Waals surface area contributed by atoms with Gasteiger partial charge in [-0.25, -0.2) is 0 Å². The number of rotatable bonds is 5. The molecule has 1 spiro atoms. The molecule has 5 rings (SSSR count). The van der Waals surface area contributed by atoms with Crippen LogP contribution in [0.4, 0.5) is 0 Å². The average Bonchev–Trinajstić information content (AvgIpc) is 3.73. The lowest BCUT2D eigenvalue weighted by Crippen LogP contribution is -2.53. The van der Waals surface area contributed by atoms with Gasteiger partial charge in [0.2, 0.25) is 0 Å². The number of fused-ring (bicyclic) bond motifs is 2. The topological polar surface area (TPSA) is 103 Å². The van der Waals surface area contributed by atoms with E-state index < -0.39 is 47.1 Å². The number of epoxide rings is 2. The standard InChI is InChI=1S/C32H42O6/c1-17(2)8-10-31-26(35)22(14-24(33)27(31)37-31)21-13-20(7)15-30(23(21)12-19(5)6)16-25(34)28-32(38-28,29(30)36)11-9-18(3)4/h8-9,12-13,24-28,33-35H,5,10-11,14-16H2,1-4,6-7H3. The molecule has 2 saturated heterocycles. The molecule has 0 aromatic heterocycles. The van der Waals surface area contributed by atoms with E-state index >= 15 is 0 Å². The van der Waals surface area contributed by atoms with Crippen LogP contribution in [-0.4, -0.2) is 62.8 Å². The molecule has 3 aliphatic carbocycles. The minimum Gasteiger partial charge on any atom is -0.390 e. The van der Waals surface area contributed by atoms with Gasteiger partial charge in [-0.3, -0.25) is 4.79 Å². The van der Waals surface area contributed by atoms with Crippen molar-refractivity contribution in [1.82, 2.24) is 0 Å². The second-order valence-corrected chi connectivity index (χ2v) is 12.8. The molecule has 2 saturated carbocycles. The van der Waals surface area contributed by atoms with Crippen LogP contribution in [0.1, 0.15) is 73.6 Å². The smallest absolute Gasteiger partial charge is 0.178 e. The van der Waals surface area contributed by atoms with Gasteiger partial charge < -0.3 is 24.8 Å². The largest absolute Gasteiger partial charge is 0.390 e. The summed E-state index contributed by atoms with van der Waals surface area (Å²) in [7, 11) is 0. The van der Waals surface area contributed by atoms with E-state index in [4.69, 9.17) is 9.47 Å². The zero-order valence-electron chi connectivity index (χ0n) is 23.5. The minimum atomic E-state index is -1.05. The van der Waals surface area contributed by atoms with Crippen LogP contribution in [0.2, 0.25) is 0 Å². The fraction of sp³-hybridized carbons (Fsp3) is 0.594. The first-order chi connectivity index (χ1) is 17.8. The van der Waals surface area contributed by atoms with Gasteiger partial charge in [0.25, 0.3) is 0 Å². The van der Waals surface area contributed by atoms with Crippen molar-refractivity contribution in [3.63, 3.8) is 0 Å². The highest BCUT2D eigenvalue weighted by molar-refractivity contribution is 6.01. The average molecular weight is 523 g/mol. The summed E-state index contributed by atoms with van der Waals surface area (Å²) < 4.78 is 12.0. The highest BCUT2D eigenvalue weighted by Gasteiger charge is 2.74. The second-order valence-electron chi connectivity index (χ2n) is 12.8. The molecule has 0 aromatic carbocycles. The van der Waals surface area contributed by atoms with Gasteiger partial charge >= 0.3 is 0 Å². The number of carbonyl (C=O) groups excluding carboxylic acids is 1. The highest BCUT2D eigenvalue weighted by Crippen LogP contribution is 2.62. The zero-order valence-corrected chi connectivity index (χ0v) is 23.5. The van der Waals surface area contributed by atoms with E-state index in [1.807, 2.05) is 65.8 Å². The van der Waals surface area contributed by atoms with E-state index in [-0.39, 0.29) is 18.6 Å². The Morgan fingerprint density at radius 1 is 1.03 bits per heavy atom. The molecule has 0 bridgehead atoms. The molecular formula is C32H42O6. The fourth-order valence-corrected chi connectivity index (χ4v) is 7.12. The van der Waals surface area contributed by atoms with Crippen LogP contribution in [0.3, 0.4) is 0 Å². The molecule has 8 unspecified atom stereocenters.